The van der Waals surface area contributed by atoms with Gasteiger partial charge in [0.05, 0.1) is 64.5 Å². The molecular weight excluding hydrogens is 1640 g/mol. The number of hydrogen-bond donors (Lipinski definition) is 14. The summed E-state index contributed by atoms with van der Waals surface area (Å²) < 4.78 is 60.8. The van der Waals surface area contributed by atoms with E-state index in [2.05, 4.69) is 18.5 Å². The van der Waals surface area contributed by atoms with Crippen LogP contribution in [0.4, 0.5) is 10.5 Å². The molecule has 14 N–H and O–H groups in total. The summed E-state index contributed by atoms with van der Waals surface area (Å²) >= 11 is 13.0. The number of amides is 3. The van der Waals surface area contributed by atoms with Gasteiger partial charge in [-0.25, -0.2) is 9.59 Å². The minimum absolute atomic E-state index is 0. The molecule has 599 valence electrons. The third kappa shape index (κ3) is 26.6. The Kier molecular flexibility index (Phi) is 43.4. The van der Waals surface area contributed by atoms with Crippen molar-refractivity contribution in [3.63, 3.8) is 0 Å². The number of esters is 1. The van der Waals surface area contributed by atoms with Gasteiger partial charge in [-0.15, -0.1) is 13.2 Å². The molecule has 103 heavy (non-hydrogen) atoms. The number of likely N-dealkylation sites (N-methyl/N-ethyl adjacent to an activating group) is 1. The van der Waals surface area contributed by atoms with E-state index in [1.807, 2.05) is 44.9 Å². The number of nitrogens with one attached hydrogen (secondary N) is 1. The first-order valence-corrected chi connectivity index (χ1v) is 38.7. The third-order valence-electron chi connectivity index (χ3n) is 17.8. The summed E-state index contributed by atoms with van der Waals surface area (Å²) in [5.41, 5.74) is -2.17. The number of aliphatic hydroxyl groups is 13. The predicted molar refractivity (Wildman–Crippen MR) is 384 cm³/mol. The summed E-state index contributed by atoms with van der Waals surface area (Å²) in [5, 5.41) is 127. The first-order chi connectivity index (χ1) is 48.1. The number of allylic oxidation sites excluding steroid dienone is 3. The molecule has 0 aliphatic carbocycles. The van der Waals surface area contributed by atoms with Crippen LogP contribution in [0.15, 0.2) is 49.1 Å². The second-order valence-corrected chi connectivity index (χ2v) is 29.5. The molecule has 6 bridgehead atoms. The number of fused-ring (bicyclic) bond motifs is 5. The summed E-state index contributed by atoms with van der Waals surface area (Å²) in [6.45, 7) is 14.5. The van der Waals surface area contributed by atoms with E-state index in [9.17, 15) is 70.2 Å². The van der Waals surface area contributed by atoms with E-state index < -0.39 is 177 Å². The van der Waals surface area contributed by atoms with Gasteiger partial charge in [0.15, 0.2) is 24.6 Å². The largest absolute Gasteiger partial charge is 0.495 e. The number of hydrogen-bond acceptors (Lipinski definition) is 32. The molecule has 1 aromatic carbocycles. The fourth-order valence-electron chi connectivity index (χ4n) is 11.6. The molecule has 3 amide bonds. The number of anilines is 1. The molecule has 7 aliphatic heterocycles. The Bertz CT molecular complexity index is 2690. The zero-order valence-corrected chi connectivity index (χ0v) is 66.6. The van der Waals surface area contributed by atoms with Gasteiger partial charge in [0.25, 0.3) is 0 Å². The third-order valence-corrected chi connectivity index (χ3v) is 20.6. The number of ether oxygens (including phenoxy) is 11. The van der Waals surface area contributed by atoms with Crippen LogP contribution in [0.1, 0.15) is 65.9 Å². The Morgan fingerprint density at radius 1 is 0.728 bits per heavy atom. The van der Waals surface area contributed by atoms with E-state index in [4.69, 9.17) is 79.0 Å². The van der Waals surface area contributed by atoms with Crippen molar-refractivity contribution in [3.8, 4) is 5.75 Å². The quantitative estimate of drug-likeness (QED) is 0.0303. The molecule has 1 radical (unpaired) electrons. The number of rotatable bonds is 23. The van der Waals surface area contributed by atoms with Crippen LogP contribution >= 0.6 is 58.6 Å². The Balaban J connectivity index is 0.000000569. The van der Waals surface area contributed by atoms with Crippen molar-refractivity contribution in [1.82, 2.24) is 10.2 Å². The first-order valence-electron chi connectivity index (χ1n) is 32.7. The van der Waals surface area contributed by atoms with Gasteiger partial charge in [0.2, 0.25) is 17.6 Å². The van der Waals surface area contributed by atoms with Gasteiger partial charge in [0.1, 0.15) is 102 Å². The molecule has 22 atom stereocenters. The number of aliphatic hydroxyl groups excluding tert-OH is 12. The number of carbonyl (C=O) groups is 4. The fourth-order valence-corrected chi connectivity index (χ4v) is 13.1. The Hall–Kier alpha value is -2.49. The average molecular weight is 1750 g/mol. The second kappa shape index (κ2) is 46.2. The van der Waals surface area contributed by atoms with Crippen LogP contribution in [-0.2, 0) is 90.6 Å². The molecule has 0 saturated carbocycles. The van der Waals surface area contributed by atoms with Gasteiger partial charge < -0.3 is 128 Å². The number of thioether (sulfide) groups is 4. The monoisotopic (exact) mass is 1750 g/mol. The summed E-state index contributed by atoms with van der Waals surface area (Å²) in [6.07, 6.45) is -6.45. The number of benzene rings is 1. The fraction of sp³-hybridized carbons (Fsp3) is 0.758. The molecule has 0 aromatic heterocycles. The average Bonchev–Trinajstić information content (AvgIpc) is 0.783. The van der Waals surface area contributed by atoms with Gasteiger partial charge in [-0.3, -0.25) is 14.9 Å². The van der Waals surface area contributed by atoms with E-state index in [-0.39, 0.29) is 52.6 Å². The minimum Gasteiger partial charge on any atom is -0.495 e. The molecule has 7 aliphatic rings. The molecule has 0 spiro atoms. The molecular formula is C66H110AuClN3O28S4. The molecule has 5 fully saturated rings. The van der Waals surface area contributed by atoms with Crippen molar-refractivity contribution < 1.29 is 160 Å². The maximum absolute atomic E-state index is 14.1. The Morgan fingerprint density at radius 3 is 1.56 bits per heavy atom. The molecule has 1 aromatic rings. The zero-order valence-electron chi connectivity index (χ0n) is 60.4. The Labute approximate surface area is 640 Å². The molecule has 31 nitrogen and oxygen atoms in total. The van der Waals surface area contributed by atoms with E-state index in [1.165, 1.54) is 42.8 Å². The van der Waals surface area contributed by atoms with Crippen LogP contribution < -0.4 is 15.0 Å². The summed E-state index contributed by atoms with van der Waals surface area (Å²) in [4.78, 5) is 56.4. The summed E-state index contributed by atoms with van der Waals surface area (Å²) in [5.74, 6) is -0.652. The molecule has 37 heteroatoms. The number of alkyl carbamates (subject to hydrolysis) is 1. The number of methoxy groups -OCH3 is 2. The molecule has 7 heterocycles. The van der Waals surface area contributed by atoms with Crippen LogP contribution in [0, 0.1) is 5.92 Å². The topological polar surface area (TPSA) is 451 Å². The molecule has 5 saturated heterocycles. The normalized spacial score (nSPS) is 35.3. The van der Waals surface area contributed by atoms with Crippen LogP contribution in [-0.4, -0.2) is 338 Å². The summed E-state index contributed by atoms with van der Waals surface area (Å²) in [7, 11) is 6.02. The SMILES string of the molecule is C=C.COc1cc2cc(c1Cl)N(C)C(=O)C[C@@]1(OC(=O)[C@H](C)N(C)C(=O)CCSC)CC(C)(O1)[C@@H](C)[C@@]1(C)C[C@@](O)(NC(=O)O1)[C@@H](OC)/C=C/C=C(/C)C2.CSCCOC1OC(CO)C(O)C(O)C1O.CSCCOC1OC(CO)C(O)C(O)C1O.CSCCOC1OC(CO)C(O)C(O)C1O.[Au]. The maximum Gasteiger partial charge on any atom is 0.410 e. The molecule has 8 rings (SSSR count). The van der Waals surface area contributed by atoms with Gasteiger partial charge in [-0.2, -0.15) is 47.0 Å². The number of nitrogens with zero attached hydrogens (tertiary/aromatic N) is 2. The van der Waals surface area contributed by atoms with Gasteiger partial charge in [-0.05, 0) is 76.8 Å². The Morgan fingerprint density at radius 2 is 1.17 bits per heavy atom. The zero-order chi connectivity index (χ0) is 77.2. The van der Waals surface area contributed by atoms with Crippen molar-refractivity contribution in [2.24, 2.45) is 5.92 Å². The van der Waals surface area contributed by atoms with Gasteiger partial charge in [0, 0.05) is 91.8 Å². The van der Waals surface area contributed by atoms with E-state index >= 15 is 0 Å². The second-order valence-electron chi connectivity index (χ2n) is 25.2. The van der Waals surface area contributed by atoms with Crippen LogP contribution in [0.5, 0.6) is 5.75 Å². The van der Waals surface area contributed by atoms with E-state index in [1.54, 1.807) is 87.4 Å². The van der Waals surface area contributed by atoms with Crippen molar-refractivity contribution in [1.29, 1.82) is 0 Å². The van der Waals surface area contributed by atoms with Gasteiger partial charge in [-0.1, -0.05) is 42.3 Å². The van der Waals surface area contributed by atoms with Crippen LogP contribution in [0.2, 0.25) is 5.02 Å². The van der Waals surface area contributed by atoms with Crippen molar-refractivity contribution >= 4 is 88.2 Å². The predicted octanol–water partition coefficient (Wildman–Crippen LogP) is 0.304. The van der Waals surface area contributed by atoms with E-state index in [0.717, 1.165) is 28.4 Å². The van der Waals surface area contributed by atoms with Crippen LogP contribution in [0.3, 0.4) is 0 Å². The van der Waals surface area contributed by atoms with Crippen molar-refractivity contribution in [2.45, 2.75) is 194 Å². The minimum atomic E-state index is -1.86. The standard InChI is InChI=1S/C37H52ClN3O10S.3C9H18O6S.C2H4.Au/c1-22-12-11-13-28(48-9)37(46)21-34(4,50-33(45)39-37)24(3)35(5)20-36(51-35,49-32(44)23(2)40(6)29(42)14-15-52-10)19-30(43)41(7)26-17-25(16-22)18-27(47-8)31(26)38;3*1-16-3-2-14-9-8(13)7(12)6(11)5(4-10)15-9;1-2;/h11-13,17-18,23-24,28,46H,14-16,19-21H2,1-10H3,(H,39,45);3*5-13H,2-4H2,1H3;1-2H2;/b13-11+,22-12-;;;;;/t23-,24-,28-,34+,35?,36-,37-;;;;;/m0...../s1. The van der Waals surface area contributed by atoms with Crippen LogP contribution in [0.25, 0.3) is 0 Å². The summed E-state index contributed by atoms with van der Waals surface area (Å²) in [6, 6.07) is 2.60. The van der Waals surface area contributed by atoms with Crippen molar-refractivity contribution in [3.05, 3.63) is 59.7 Å². The maximum atomic E-state index is 14.1. The number of halogens is 1. The number of carbonyl (C=O) groups excluding carboxylic acids is 4. The van der Waals surface area contributed by atoms with E-state index in [0.29, 0.717) is 43.4 Å². The van der Waals surface area contributed by atoms with Crippen molar-refractivity contribution in [2.75, 3.05) is 121 Å². The van der Waals surface area contributed by atoms with Gasteiger partial charge >= 0.3 is 12.1 Å². The smallest absolute Gasteiger partial charge is 0.410 e. The molecule has 16 unspecified atom stereocenters. The first kappa shape index (κ1) is 96.6.